The molecule has 1 amide bonds. The van der Waals surface area contributed by atoms with E-state index in [1.807, 2.05) is 24.3 Å². The minimum atomic E-state index is -3.45. The number of fused-ring (bicyclic) bond motifs is 1. The van der Waals surface area contributed by atoms with Gasteiger partial charge in [-0.15, -0.1) is 0 Å². The molecule has 1 aliphatic rings. The maximum Gasteiger partial charge on any atom is 0.243 e. The van der Waals surface area contributed by atoms with E-state index < -0.39 is 10.0 Å². The molecule has 3 aromatic rings. The van der Waals surface area contributed by atoms with E-state index >= 15 is 0 Å². The number of benzene rings is 2. The number of amides is 1. The summed E-state index contributed by atoms with van der Waals surface area (Å²) >= 11 is 0. The maximum atomic E-state index is 12.7. The van der Waals surface area contributed by atoms with Gasteiger partial charge in [0.1, 0.15) is 5.82 Å². The third kappa shape index (κ3) is 4.49. The van der Waals surface area contributed by atoms with Crippen molar-refractivity contribution >= 4 is 27.0 Å². The van der Waals surface area contributed by atoms with Crippen molar-refractivity contribution in [3.8, 4) is 0 Å². The van der Waals surface area contributed by atoms with Crippen molar-refractivity contribution in [2.75, 3.05) is 13.1 Å². The average Bonchev–Trinajstić information content (AvgIpc) is 3.16. The lowest BCUT2D eigenvalue weighted by Gasteiger charge is -2.25. The topological polar surface area (TPSA) is 95.2 Å². The highest BCUT2D eigenvalue weighted by molar-refractivity contribution is 7.89. The van der Waals surface area contributed by atoms with E-state index in [0.717, 1.165) is 35.9 Å². The standard InChI is InChI=1S/C21H24N4O3S/c26-21(22-15-20-23-18-6-2-3-7-19(18)24-20)14-16-8-10-17(11-9-16)29(27,28)25-12-4-1-5-13-25/h2-3,6-11H,1,4-5,12-15H2,(H,22,26)(H,23,24). The van der Waals surface area contributed by atoms with Gasteiger partial charge in [0.2, 0.25) is 15.9 Å². The van der Waals surface area contributed by atoms with Crippen LogP contribution in [-0.4, -0.2) is 41.7 Å². The van der Waals surface area contributed by atoms with E-state index in [0.29, 0.717) is 25.5 Å². The van der Waals surface area contributed by atoms with E-state index in [9.17, 15) is 13.2 Å². The molecule has 152 valence electrons. The van der Waals surface area contributed by atoms with Gasteiger partial charge in [-0.05, 0) is 42.7 Å². The number of aromatic nitrogens is 2. The molecule has 2 aromatic carbocycles. The van der Waals surface area contributed by atoms with Gasteiger partial charge in [0.05, 0.1) is 28.9 Å². The minimum absolute atomic E-state index is 0.142. The molecule has 0 unspecified atom stereocenters. The molecular formula is C21H24N4O3S. The van der Waals surface area contributed by atoms with Crippen LogP contribution in [0.15, 0.2) is 53.4 Å². The lowest BCUT2D eigenvalue weighted by Crippen LogP contribution is -2.35. The second-order valence-corrected chi connectivity index (χ2v) is 9.20. The van der Waals surface area contributed by atoms with E-state index in [2.05, 4.69) is 15.3 Å². The van der Waals surface area contributed by atoms with Crippen LogP contribution in [0, 0.1) is 0 Å². The number of para-hydroxylation sites is 2. The molecule has 0 saturated carbocycles. The highest BCUT2D eigenvalue weighted by Crippen LogP contribution is 2.21. The van der Waals surface area contributed by atoms with Crippen LogP contribution in [0.2, 0.25) is 0 Å². The molecule has 2 heterocycles. The zero-order valence-corrected chi connectivity index (χ0v) is 16.9. The Balaban J connectivity index is 1.35. The Morgan fingerprint density at radius 2 is 1.76 bits per heavy atom. The van der Waals surface area contributed by atoms with Crippen LogP contribution >= 0.6 is 0 Å². The van der Waals surface area contributed by atoms with Gasteiger partial charge < -0.3 is 10.3 Å². The first-order chi connectivity index (χ1) is 14.0. The molecule has 7 nitrogen and oxygen atoms in total. The third-order valence-electron chi connectivity index (χ3n) is 5.13. The van der Waals surface area contributed by atoms with Crippen molar-refractivity contribution in [1.29, 1.82) is 0 Å². The smallest absolute Gasteiger partial charge is 0.243 e. The molecule has 0 spiro atoms. The summed E-state index contributed by atoms with van der Waals surface area (Å²) in [6.07, 6.45) is 3.07. The first-order valence-electron chi connectivity index (χ1n) is 9.82. The molecule has 1 saturated heterocycles. The van der Waals surface area contributed by atoms with Gasteiger partial charge in [-0.1, -0.05) is 30.7 Å². The SMILES string of the molecule is O=C(Cc1ccc(S(=O)(=O)N2CCCCC2)cc1)NCc1nc2ccccc2[nH]1. The van der Waals surface area contributed by atoms with Crippen LogP contribution < -0.4 is 5.32 Å². The maximum absolute atomic E-state index is 12.7. The summed E-state index contributed by atoms with van der Waals surface area (Å²) in [6.45, 7) is 1.47. The minimum Gasteiger partial charge on any atom is -0.349 e. The van der Waals surface area contributed by atoms with Crippen LogP contribution in [-0.2, 0) is 27.8 Å². The Bertz CT molecular complexity index is 1070. The number of aromatic amines is 1. The van der Waals surface area contributed by atoms with E-state index in [1.54, 1.807) is 28.6 Å². The number of hydrogen-bond donors (Lipinski definition) is 2. The third-order valence-corrected chi connectivity index (χ3v) is 7.05. The number of carbonyl (C=O) groups excluding carboxylic acids is 1. The molecule has 1 aromatic heterocycles. The lowest BCUT2D eigenvalue weighted by atomic mass is 10.1. The fourth-order valence-electron chi connectivity index (χ4n) is 3.55. The number of piperidine rings is 1. The summed E-state index contributed by atoms with van der Waals surface area (Å²) in [5, 5.41) is 2.85. The number of hydrogen-bond acceptors (Lipinski definition) is 4. The predicted molar refractivity (Wildman–Crippen MR) is 111 cm³/mol. The molecule has 8 heteroatoms. The van der Waals surface area contributed by atoms with Crippen molar-refractivity contribution in [1.82, 2.24) is 19.6 Å². The Morgan fingerprint density at radius 1 is 1.03 bits per heavy atom. The number of sulfonamides is 1. The molecule has 1 fully saturated rings. The number of nitrogens with one attached hydrogen (secondary N) is 2. The zero-order chi connectivity index (χ0) is 20.3. The number of imidazole rings is 1. The molecule has 0 bridgehead atoms. The Hall–Kier alpha value is -2.71. The Labute approximate surface area is 170 Å². The summed E-state index contributed by atoms with van der Waals surface area (Å²) in [5.41, 5.74) is 2.56. The summed E-state index contributed by atoms with van der Waals surface area (Å²) in [6, 6.07) is 14.3. The lowest BCUT2D eigenvalue weighted by molar-refractivity contribution is -0.120. The van der Waals surface area contributed by atoms with Crippen molar-refractivity contribution in [2.24, 2.45) is 0 Å². The van der Waals surface area contributed by atoms with Gasteiger partial charge in [-0.2, -0.15) is 4.31 Å². The van der Waals surface area contributed by atoms with Gasteiger partial charge in [0.15, 0.2) is 0 Å². The summed E-state index contributed by atoms with van der Waals surface area (Å²) in [4.78, 5) is 20.1. The van der Waals surface area contributed by atoms with Gasteiger partial charge in [-0.25, -0.2) is 13.4 Å². The summed E-state index contributed by atoms with van der Waals surface area (Å²) in [7, 11) is -3.45. The molecule has 0 aliphatic carbocycles. The number of nitrogens with zero attached hydrogens (tertiary/aromatic N) is 2. The number of H-pyrrole nitrogens is 1. The first kappa shape index (κ1) is 19.6. The number of rotatable bonds is 6. The van der Waals surface area contributed by atoms with E-state index in [-0.39, 0.29) is 17.2 Å². The summed E-state index contributed by atoms with van der Waals surface area (Å²) in [5.74, 6) is 0.555. The van der Waals surface area contributed by atoms with E-state index in [1.165, 1.54) is 0 Å². The van der Waals surface area contributed by atoms with Crippen LogP contribution in [0.25, 0.3) is 11.0 Å². The second kappa shape index (κ2) is 8.34. The van der Waals surface area contributed by atoms with Gasteiger partial charge in [0.25, 0.3) is 0 Å². The monoisotopic (exact) mass is 412 g/mol. The van der Waals surface area contributed by atoms with Gasteiger partial charge >= 0.3 is 0 Å². The fourth-order valence-corrected chi connectivity index (χ4v) is 5.07. The molecule has 0 radical (unpaired) electrons. The van der Waals surface area contributed by atoms with E-state index in [4.69, 9.17) is 0 Å². The van der Waals surface area contributed by atoms with Crippen LogP contribution in [0.5, 0.6) is 0 Å². The largest absolute Gasteiger partial charge is 0.349 e. The molecule has 4 rings (SSSR count). The van der Waals surface area contributed by atoms with Crippen molar-refractivity contribution in [3.05, 3.63) is 59.9 Å². The van der Waals surface area contributed by atoms with Gasteiger partial charge in [0, 0.05) is 13.1 Å². The predicted octanol–water partition coefficient (Wildman–Crippen LogP) is 2.60. The highest BCUT2D eigenvalue weighted by Gasteiger charge is 2.25. The van der Waals surface area contributed by atoms with Gasteiger partial charge in [-0.3, -0.25) is 4.79 Å². The molecular weight excluding hydrogens is 388 g/mol. The Kier molecular flexibility index (Phi) is 5.64. The fraction of sp³-hybridized carbons (Fsp3) is 0.333. The number of carbonyl (C=O) groups is 1. The van der Waals surface area contributed by atoms with Crippen LogP contribution in [0.4, 0.5) is 0 Å². The molecule has 2 N–H and O–H groups in total. The normalized spacial score (nSPS) is 15.4. The van der Waals surface area contributed by atoms with Crippen molar-refractivity contribution in [2.45, 2.75) is 37.1 Å². The zero-order valence-electron chi connectivity index (χ0n) is 16.1. The summed E-state index contributed by atoms with van der Waals surface area (Å²) < 4.78 is 26.9. The Morgan fingerprint density at radius 3 is 2.48 bits per heavy atom. The quantitative estimate of drug-likeness (QED) is 0.651. The average molecular weight is 413 g/mol. The molecule has 29 heavy (non-hydrogen) atoms. The first-order valence-corrected chi connectivity index (χ1v) is 11.3. The van der Waals surface area contributed by atoms with Crippen molar-refractivity contribution in [3.63, 3.8) is 0 Å². The van der Waals surface area contributed by atoms with Crippen LogP contribution in [0.1, 0.15) is 30.7 Å². The second-order valence-electron chi connectivity index (χ2n) is 7.26. The molecule has 1 aliphatic heterocycles. The highest BCUT2D eigenvalue weighted by atomic mass is 32.2. The molecule has 0 atom stereocenters. The van der Waals surface area contributed by atoms with Crippen molar-refractivity contribution < 1.29 is 13.2 Å². The van der Waals surface area contributed by atoms with Crippen LogP contribution in [0.3, 0.4) is 0 Å².